The van der Waals surface area contributed by atoms with Crippen molar-refractivity contribution in [2.45, 2.75) is 19.9 Å². The Morgan fingerprint density at radius 3 is 2.75 bits per heavy atom. The van der Waals surface area contributed by atoms with Gasteiger partial charge in [0, 0.05) is 16.7 Å². The number of amides is 1. The summed E-state index contributed by atoms with van der Waals surface area (Å²) in [6.07, 6.45) is 2.44. The maximum Gasteiger partial charge on any atom is 0.253 e. The minimum absolute atomic E-state index is 0.0939. The predicted molar refractivity (Wildman–Crippen MR) is 69.2 cm³/mol. The van der Waals surface area contributed by atoms with Gasteiger partial charge in [0.05, 0.1) is 11.8 Å². The molecule has 0 aliphatic carbocycles. The van der Waals surface area contributed by atoms with Crippen molar-refractivity contribution < 1.29 is 9.18 Å². The number of nitrogens with one attached hydrogen (secondary N) is 1. The Balaban J connectivity index is 2.72. The fourth-order valence-corrected chi connectivity index (χ4v) is 2.41. The lowest BCUT2D eigenvalue weighted by atomic mass is 10.1. The molecule has 1 aromatic rings. The van der Waals surface area contributed by atoms with Crippen LogP contribution in [-0.2, 0) is 0 Å². The first-order valence-electron chi connectivity index (χ1n) is 5.02. The van der Waals surface area contributed by atoms with Crippen molar-refractivity contribution >= 4 is 28.5 Å². The molecule has 1 amide bonds. The number of carbonyl (C=O) groups excluding carboxylic acids is 1. The molecule has 0 radical (unpaired) electrons. The van der Waals surface area contributed by atoms with E-state index < -0.39 is 5.82 Å². The molecule has 0 spiro atoms. The summed E-state index contributed by atoms with van der Waals surface area (Å²) in [6, 6.07) is 1.28. The summed E-state index contributed by atoms with van der Waals surface area (Å²) in [7, 11) is 0. The Kier molecular flexibility index (Phi) is 5.11. The lowest BCUT2D eigenvalue weighted by Crippen LogP contribution is -2.39. The van der Waals surface area contributed by atoms with Gasteiger partial charge in [0.25, 0.3) is 5.91 Å². The van der Waals surface area contributed by atoms with Gasteiger partial charge in [-0.1, -0.05) is 36.4 Å². The molecule has 1 rings (SSSR count). The molecule has 0 aliphatic heterocycles. The first-order chi connectivity index (χ1) is 7.54. The SMILES string of the molecule is CC(C)C(CI)NC(=O)c1cncc(F)c1. The fraction of sp³-hybridized carbons (Fsp3) is 0.455. The lowest BCUT2D eigenvalue weighted by Gasteiger charge is -2.19. The first-order valence-corrected chi connectivity index (χ1v) is 6.54. The average Bonchev–Trinajstić information content (AvgIpc) is 2.25. The van der Waals surface area contributed by atoms with Crippen LogP contribution >= 0.6 is 22.6 Å². The van der Waals surface area contributed by atoms with Crippen LogP contribution in [0.25, 0.3) is 0 Å². The second-order valence-electron chi connectivity index (χ2n) is 3.87. The second-order valence-corrected chi connectivity index (χ2v) is 4.75. The van der Waals surface area contributed by atoms with Gasteiger partial charge in [-0.05, 0) is 12.0 Å². The number of halogens is 2. The monoisotopic (exact) mass is 336 g/mol. The van der Waals surface area contributed by atoms with Crippen LogP contribution in [0.2, 0.25) is 0 Å². The van der Waals surface area contributed by atoms with Crippen LogP contribution in [0.1, 0.15) is 24.2 Å². The summed E-state index contributed by atoms with van der Waals surface area (Å²) in [6.45, 7) is 4.07. The molecule has 1 unspecified atom stereocenters. The molecule has 1 atom stereocenters. The zero-order valence-electron chi connectivity index (χ0n) is 9.21. The molecule has 0 aromatic carbocycles. The molecule has 0 saturated carbocycles. The lowest BCUT2D eigenvalue weighted by molar-refractivity contribution is 0.0931. The van der Waals surface area contributed by atoms with Gasteiger partial charge in [-0.15, -0.1) is 0 Å². The van der Waals surface area contributed by atoms with E-state index in [0.29, 0.717) is 5.92 Å². The largest absolute Gasteiger partial charge is 0.348 e. The standard InChI is InChI=1S/C11H14FIN2O/c1-7(2)10(4-13)15-11(16)8-3-9(12)6-14-5-8/h3,5-7,10H,4H2,1-2H3,(H,15,16). The number of alkyl halides is 1. The smallest absolute Gasteiger partial charge is 0.253 e. The number of carbonyl (C=O) groups is 1. The minimum atomic E-state index is -0.497. The summed E-state index contributed by atoms with van der Waals surface area (Å²) in [5, 5.41) is 2.86. The van der Waals surface area contributed by atoms with E-state index in [1.807, 2.05) is 13.8 Å². The molecule has 5 heteroatoms. The molecule has 16 heavy (non-hydrogen) atoms. The zero-order valence-corrected chi connectivity index (χ0v) is 11.4. The van der Waals surface area contributed by atoms with E-state index in [4.69, 9.17) is 0 Å². The molecule has 1 N–H and O–H groups in total. The highest BCUT2D eigenvalue weighted by molar-refractivity contribution is 14.1. The van der Waals surface area contributed by atoms with Crippen molar-refractivity contribution in [3.05, 3.63) is 29.8 Å². The summed E-state index contributed by atoms with van der Waals surface area (Å²) in [4.78, 5) is 15.4. The quantitative estimate of drug-likeness (QED) is 0.678. The molecule has 0 fully saturated rings. The Bertz CT molecular complexity index is 371. The molecule has 88 valence electrons. The van der Waals surface area contributed by atoms with Crippen LogP contribution in [0.4, 0.5) is 4.39 Å². The van der Waals surface area contributed by atoms with Crippen molar-refractivity contribution in [2.24, 2.45) is 5.92 Å². The first kappa shape index (κ1) is 13.3. The number of aromatic nitrogens is 1. The summed E-state index contributed by atoms with van der Waals surface area (Å²) >= 11 is 2.22. The van der Waals surface area contributed by atoms with Crippen LogP contribution in [0.5, 0.6) is 0 Å². The van der Waals surface area contributed by atoms with Gasteiger partial charge in [-0.2, -0.15) is 0 Å². The van der Waals surface area contributed by atoms with Crippen LogP contribution in [0.15, 0.2) is 18.5 Å². The third-order valence-electron chi connectivity index (χ3n) is 2.25. The van der Waals surface area contributed by atoms with Gasteiger partial charge in [0.15, 0.2) is 0 Å². The molecular formula is C11H14FIN2O. The van der Waals surface area contributed by atoms with Gasteiger partial charge < -0.3 is 5.32 Å². The Morgan fingerprint density at radius 2 is 2.25 bits per heavy atom. The number of pyridine rings is 1. The molecule has 1 heterocycles. The van der Waals surface area contributed by atoms with E-state index in [9.17, 15) is 9.18 Å². The van der Waals surface area contributed by atoms with Gasteiger partial charge >= 0.3 is 0 Å². The van der Waals surface area contributed by atoms with E-state index in [2.05, 4.69) is 32.9 Å². The molecule has 0 aliphatic rings. The number of rotatable bonds is 4. The van der Waals surface area contributed by atoms with Crippen molar-refractivity contribution in [1.29, 1.82) is 0 Å². The summed E-state index contributed by atoms with van der Waals surface area (Å²) < 4.78 is 13.7. The van der Waals surface area contributed by atoms with Gasteiger partial charge in [0.1, 0.15) is 5.82 Å². The Hall–Kier alpha value is -0.720. The van der Waals surface area contributed by atoms with E-state index >= 15 is 0 Å². The van der Waals surface area contributed by atoms with E-state index in [1.54, 1.807) is 0 Å². The van der Waals surface area contributed by atoms with Crippen molar-refractivity contribution in [3.63, 3.8) is 0 Å². The summed E-state index contributed by atoms with van der Waals surface area (Å²) in [5.74, 6) is -0.423. The third kappa shape index (κ3) is 3.70. The normalized spacial score (nSPS) is 12.6. The van der Waals surface area contributed by atoms with Gasteiger partial charge in [0.2, 0.25) is 0 Å². The third-order valence-corrected chi connectivity index (χ3v) is 3.20. The van der Waals surface area contributed by atoms with Crippen LogP contribution in [0, 0.1) is 11.7 Å². The highest BCUT2D eigenvalue weighted by atomic mass is 127. The van der Waals surface area contributed by atoms with E-state index in [0.717, 1.165) is 10.6 Å². The van der Waals surface area contributed by atoms with Crippen molar-refractivity contribution in [2.75, 3.05) is 4.43 Å². The minimum Gasteiger partial charge on any atom is -0.348 e. The van der Waals surface area contributed by atoms with E-state index in [-0.39, 0.29) is 17.5 Å². The molecule has 0 saturated heterocycles. The number of hydrogen-bond acceptors (Lipinski definition) is 2. The predicted octanol–water partition coefficient (Wildman–Crippen LogP) is 2.41. The number of hydrogen-bond donors (Lipinski definition) is 1. The summed E-state index contributed by atoms with van der Waals surface area (Å²) in [5.41, 5.74) is 0.260. The molecular weight excluding hydrogens is 322 g/mol. The average molecular weight is 336 g/mol. The molecule has 3 nitrogen and oxygen atoms in total. The van der Waals surface area contributed by atoms with Crippen molar-refractivity contribution in [3.8, 4) is 0 Å². The highest BCUT2D eigenvalue weighted by Crippen LogP contribution is 2.07. The van der Waals surface area contributed by atoms with Gasteiger partial charge in [-0.25, -0.2) is 4.39 Å². The van der Waals surface area contributed by atoms with E-state index in [1.165, 1.54) is 12.3 Å². The Labute approximate surface area is 108 Å². The topological polar surface area (TPSA) is 42.0 Å². The maximum atomic E-state index is 12.9. The van der Waals surface area contributed by atoms with Gasteiger partial charge in [-0.3, -0.25) is 9.78 Å². The van der Waals surface area contributed by atoms with Crippen LogP contribution < -0.4 is 5.32 Å². The highest BCUT2D eigenvalue weighted by Gasteiger charge is 2.16. The second kappa shape index (κ2) is 6.12. The number of nitrogens with zero attached hydrogens (tertiary/aromatic N) is 1. The fourth-order valence-electron chi connectivity index (χ4n) is 1.17. The van der Waals surface area contributed by atoms with Crippen molar-refractivity contribution in [1.82, 2.24) is 10.3 Å². The van der Waals surface area contributed by atoms with Crippen LogP contribution in [0.3, 0.4) is 0 Å². The zero-order chi connectivity index (χ0) is 12.1. The molecule has 1 aromatic heterocycles. The van der Waals surface area contributed by atoms with Crippen LogP contribution in [-0.4, -0.2) is 21.4 Å². The maximum absolute atomic E-state index is 12.9. The Morgan fingerprint density at radius 1 is 1.56 bits per heavy atom. The molecule has 0 bridgehead atoms.